The largest absolute Gasteiger partial charge is 0.493 e. The lowest BCUT2D eigenvalue weighted by Gasteiger charge is -2.08. The number of ether oxygens (including phenoxy) is 1. The van der Waals surface area contributed by atoms with Crippen molar-refractivity contribution in [3.8, 4) is 11.6 Å². The van der Waals surface area contributed by atoms with Gasteiger partial charge in [-0.2, -0.15) is 0 Å². The van der Waals surface area contributed by atoms with Crippen molar-refractivity contribution in [1.82, 2.24) is 9.55 Å². The first kappa shape index (κ1) is 29.6. The van der Waals surface area contributed by atoms with E-state index >= 15 is 0 Å². The first-order valence-electron chi connectivity index (χ1n) is 14.1. The summed E-state index contributed by atoms with van der Waals surface area (Å²) in [6, 6.07) is 11.7. The van der Waals surface area contributed by atoms with Crippen molar-refractivity contribution in [3.63, 3.8) is 0 Å². The molecule has 0 aliphatic rings. The minimum atomic E-state index is -0.418. The number of thiazole rings is 1. The van der Waals surface area contributed by atoms with Gasteiger partial charge in [0.25, 0.3) is 0 Å². The molecule has 7 heteroatoms. The maximum atomic E-state index is 12.6. The van der Waals surface area contributed by atoms with Crippen LogP contribution >= 0.6 is 11.3 Å². The average molecular weight is 539 g/mol. The molecule has 1 aromatic carbocycles. The number of unbranched alkanes of at least 4 members (excludes halogenated alkanes) is 8. The zero-order valence-electron chi connectivity index (χ0n) is 22.9. The van der Waals surface area contributed by atoms with Gasteiger partial charge in [0.05, 0.1) is 11.5 Å². The Morgan fingerprint density at radius 3 is 2.21 bits per heavy atom. The molecule has 0 radical (unpaired) electrons. The summed E-state index contributed by atoms with van der Waals surface area (Å²) in [5.74, 6) is 0.216. The predicted molar refractivity (Wildman–Crippen MR) is 155 cm³/mol. The summed E-state index contributed by atoms with van der Waals surface area (Å²) >= 11 is 0.937. The van der Waals surface area contributed by atoms with Gasteiger partial charge in [0.15, 0.2) is 0 Å². The molecule has 0 saturated heterocycles. The van der Waals surface area contributed by atoms with E-state index in [1.807, 2.05) is 36.5 Å². The Labute approximate surface area is 230 Å². The third-order valence-corrected chi connectivity index (χ3v) is 7.74. The highest BCUT2D eigenvalue weighted by Crippen LogP contribution is 2.25. The van der Waals surface area contributed by atoms with Gasteiger partial charge in [-0.3, -0.25) is 14.6 Å². The second-order valence-electron chi connectivity index (χ2n) is 9.85. The van der Waals surface area contributed by atoms with Crippen LogP contribution in [0.2, 0.25) is 0 Å². The van der Waals surface area contributed by atoms with E-state index in [1.54, 1.807) is 0 Å². The second kappa shape index (κ2) is 16.1. The molecule has 1 N–H and O–H groups in total. The normalized spacial score (nSPS) is 11.1. The summed E-state index contributed by atoms with van der Waals surface area (Å²) in [5, 5.41) is 10.6. The first-order chi connectivity index (χ1) is 18.5. The van der Waals surface area contributed by atoms with E-state index in [4.69, 9.17) is 4.74 Å². The standard InChI is InChI=1S/C31H42N2O4S/c1-3-5-6-7-8-9-10-11-12-13-29(34)33-30(35)28(38-31(33)36)22-25-15-18-27(19-16-25)37-21-20-26-17-14-24(4-2)23-32-26/h14-19,23,35H,3-13,20-22H2,1-2H3. The van der Waals surface area contributed by atoms with Crippen LogP contribution < -0.4 is 9.61 Å². The van der Waals surface area contributed by atoms with Crippen LogP contribution in [0.25, 0.3) is 0 Å². The second-order valence-corrected chi connectivity index (χ2v) is 10.9. The van der Waals surface area contributed by atoms with E-state index in [1.165, 1.54) is 44.1 Å². The summed E-state index contributed by atoms with van der Waals surface area (Å²) in [5.41, 5.74) is 3.16. The van der Waals surface area contributed by atoms with Gasteiger partial charge in [-0.05, 0) is 42.2 Å². The number of carbonyl (C=O) groups is 1. The fraction of sp³-hybridized carbons (Fsp3) is 0.516. The number of pyridine rings is 1. The van der Waals surface area contributed by atoms with Gasteiger partial charge in [-0.25, -0.2) is 4.57 Å². The van der Waals surface area contributed by atoms with Crippen molar-refractivity contribution in [3.05, 3.63) is 74.0 Å². The Balaban J connectivity index is 1.42. The number of aryl methyl sites for hydroxylation is 1. The minimum absolute atomic E-state index is 0.220. The van der Waals surface area contributed by atoms with Gasteiger partial charge in [0.2, 0.25) is 11.8 Å². The first-order valence-corrected chi connectivity index (χ1v) is 15.0. The zero-order valence-corrected chi connectivity index (χ0v) is 23.7. The number of hydrogen-bond donors (Lipinski definition) is 1. The molecular formula is C31H42N2O4S. The lowest BCUT2D eigenvalue weighted by molar-refractivity contribution is 0.0886. The summed E-state index contributed by atoms with van der Waals surface area (Å²) in [7, 11) is 0. The molecule has 0 spiro atoms. The Morgan fingerprint density at radius 2 is 1.58 bits per heavy atom. The molecule has 0 aliphatic carbocycles. The van der Waals surface area contributed by atoms with Gasteiger partial charge >= 0.3 is 4.87 Å². The van der Waals surface area contributed by atoms with Crippen LogP contribution in [0.15, 0.2) is 47.4 Å². The van der Waals surface area contributed by atoms with Crippen molar-refractivity contribution < 1.29 is 14.6 Å². The molecule has 0 unspecified atom stereocenters. The molecular weight excluding hydrogens is 496 g/mol. The third kappa shape index (κ3) is 9.43. The van der Waals surface area contributed by atoms with Crippen LogP contribution in [0.4, 0.5) is 0 Å². The Morgan fingerprint density at radius 1 is 0.921 bits per heavy atom. The monoisotopic (exact) mass is 538 g/mol. The average Bonchev–Trinajstić information content (AvgIpc) is 3.21. The minimum Gasteiger partial charge on any atom is -0.493 e. The SMILES string of the molecule is CCCCCCCCCCCC(=O)n1c(O)c(Cc2ccc(OCCc3ccc(CC)cn3)cc2)sc1=O. The number of carbonyl (C=O) groups excluding carboxylic acids is 1. The zero-order chi connectivity index (χ0) is 27.2. The molecule has 0 bridgehead atoms. The van der Waals surface area contributed by atoms with Crippen LogP contribution in [0.1, 0.15) is 105 Å². The highest BCUT2D eigenvalue weighted by molar-refractivity contribution is 7.09. The molecule has 2 heterocycles. The molecule has 3 aromatic rings. The van der Waals surface area contributed by atoms with Crippen molar-refractivity contribution in [2.24, 2.45) is 0 Å². The van der Waals surface area contributed by atoms with Crippen molar-refractivity contribution in [2.75, 3.05) is 6.61 Å². The molecule has 2 aromatic heterocycles. The fourth-order valence-corrected chi connectivity index (χ4v) is 5.33. The molecule has 38 heavy (non-hydrogen) atoms. The van der Waals surface area contributed by atoms with Crippen molar-refractivity contribution in [2.45, 2.75) is 97.3 Å². The number of hydrogen-bond acceptors (Lipinski definition) is 6. The lowest BCUT2D eigenvalue weighted by atomic mass is 10.1. The number of benzene rings is 1. The van der Waals surface area contributed by atoms with Crippen LogP contribution in [0.3, 0.4) is 0 Å². The number of aromatic nitrogens is 2. The Kier molecular flexibility index (Phi) is 12.6. The lowest BCUT2D eigenvalue weighted by Crippen LogP contribution is -2.20. The van der Waals surface area contributed by atoms with Gasteiger partial charge in [-0.15, -0.1) is 0 Å². The molecule has 0 aliphatic heterocycles. The summed E-state index contributed by atoms with van der Waals surface area (Å²) in [6.45, 7) is 4.86. The topological polar surface area (TPSA) is 81.4 Å². The highest BCUT2D eigenvalue weighted by atomic mass is 32.1. The van der Waals surface area contributed by atoms with Crippen molar-refractivity contribution in [1.29, 1.82) is 0 Å². The van der Waals surface area contributed by atoms with Crippen molar-refractivity contribution >= 4 is 17.2 Å². The van der Waals surface area contributed by atoms with Gasteiger partial charge < -0.3 is 9.84 Å². The van der Waals surface area contributed by atoms with Gasteiger partial charge in [0, 0.05) is 31.2 Å². The molecule has 206 valence electrons. The van der Waals surface area contributed by atoms with Crippen LogP contribution in [0.5, 0.6) is 11.6 Å². The molecule has 0 amide bonds. The number of nitrogens with zero attached hydrogens (tertiary/aromatic N) is 2. The molecule has 0 saturated carbocycles. The summed E-state index contributed by atoms with van der Waals surface area (Å²) < 4.78 is 6.80. The smallest absolute Gasteiger partial charge is 0.317 e. The Hall–Kier alpha value is -2.93. The quantitative estimate of drug-likeness (QED) is 0.182. The molecule has 0 fully saturated rings. The molecule has 0 atom stereocenters. The third-order valence-electron chi connectivity index (χ3n) is 6.81. The summed E-state index contributed by atoms with van der Waals surface area (Å²) in [4.78, 5) is 29.6. The van der Waals surface area contributed by atoms with Crippen LogP contribution in [0, 0.1) is 0 Å². The highest BCUT2D eigenvalue weighted by Gasteiger charge is 2.19. The number of rotatable bonds is 17. The summed E-state index contributed by atoms with van der Waals surface area (Å²) in [6.07, 6.45) is 14.7. The predicted octanol–water partition coefficient (Wildman–Crippen LogP) is 7.35. The van der Waals surface area contributed by atoms with Crippen LogP contribution in [-0.2, 0) is 19.3 Å². The maximum absolute atomic E-state index is 12.6. The van der Waals surface area contributed by atoms with E-state index in [-0.39, 0.29) is 18.2 Å². The molecule has 3 rings (SSSR count). The maximum Gasteiger partial charge on any atom is 0.317 e. The fourth-order valence-electron chi connectivity index (χ4n) is 4.42. The molecule has 6 nitrogen and oxygen atoms in total. The Bertz CT molecular complexity index is 1170. The number of aromatic hydroxyl groups is 1. The van der Waals surface area contributed by atoms with E-state index < -0.39 is 4.87 Å². The van der Waals surface area contributed by atoms with E-state index in [0.29, 0.717) is 17.9 Å². The van der Waals surface area contributed by atoms with Gasteiger partial charge in [-0.1, -0.05) is 94.7 Å². The van der Waals surface area contributed by atoms with E-state index in [2.05, 4.69) is 24.9 Å². The van der Waals surface area contributed by atoms with Crippen LogP contribution in [-0.4, -0.2) is 27.2 Å². The van der Waals surface area contributed by atoms with Gasteiger partial charge in [0.1, 0.15) is 5.75 Å². The van der Waals surface area contributed by atoms with E-state index in [0.717, 1.165) is 65.0 Å². The van der Waals surface area contributed by atoms with E-state index in [9.17, 15) is 14.7 Å².